The molecule has 1 unspecified atom stereocenters. The van der Waals surface area contributed by atoms with Crippen LogP contribution in [0.4, 0.5) is 17.6 Å². The van der Waals surface area contributed by atoms with Gasteiger partial charge >= 0.3 is 0 Å². The van der Waals surface area contributed by atoms with Crippen molar-refractivity contribution in [2.45, 2.75) is 26.3 Å². The Bertz CT molecular complexity index is 890. The second-order valence-corrected chi connectivity index (χ2v) is 8.98. The van der Waals surface area contributed by atoms with Crippen LogP contribution >= 0.6 is 23.8 Å². The smallest absolute Gasteiger partial charge is 0.232 e. The van der Waals surface area contributed by atoms with E-state index >= 15 is 0 Å². The average molecular weight is 461 g/mol. The van der Waals surface area contributed by atoms with Crippen molar-refractivity contribution in [1.82, 2.24) is 15.3 Å². The molecule has 1 aromatic heterocycles. The van der Waals surface area contributed by atoms with Crippen LogP contribution in [0.15, 0.2) is 30.3 Å². The lowest BCUT2D eigenvalue weighted by atomic mass is 10.0. The molecule has 3 heterocycles. The first-order valence-electron chi connectivity index (χ1n) is 10.8. The summed E-state index contributed by atoms with van der Waals surface area (Å²) in [7, 11) is 0. The fourth-order valence-electron chi connectivity index (χ4n) is 3.92. The number of rotatable bonds is 5. The number of hydrogen-bond acceptors (Lipinski definition) is 6. The van der Waals surface area contributed by atoms with Gasteiger partial charge in [0.15, 0.2) is 5.11 Å². The van der Waals surface area contributed by atoms with Crippen LogP contribution in [0.1, 0.15) is 25.3 Å². The molecule has 7 nitrogen and oxygen atoms in total. The van der Waals surface area contributed by atoms with Crippen LogP contribution in [-0.4, -0.2) is 54.5 Å². The van der Waals surface area contributed by atoms with Gasteiger partial charge in [-0.1, -0.05) is 30.7 Å². The van der Waals surface area contributed by atoms with Crippen molar-refractivity contribution in [3.63, 3.8) is 0 Å². The lowest BCUT2D eigenvalue weighted by Crippen LogP contribution is -2.38. The van der Waals surface area contributed by atoms with E-state index in [1.165, 1.54) is 12.8 Å². The summed E-state index contributed by atoms with van der Waals surface area (Å²) < 4.78 is 5.51. The summed E-state index contributed by atoms with van der Waals surface area (Å²) in [5.41, 5.74) is 1.10. The molecule has 0 radical (unpaired) electrons. The third kappa shape index (κ3) is 6.18. The van der Waals surface area contributed by atoms with Gasteiger partial charge in [-0.2, -0.15) is 9.97 Å². The zero-order valence-electron chi connectivity index (χ0n) is 17.8. The monoisotopic (exact) mass is 460 g/mol. The maximum atomic E-state index is 5.96. The minimum atomic E-state index is 0.493. The summed E-state index contributed by atoms with van der Waals surface area (Å²) in [6.07, 6.45) is 2.45. The van der Waals surface area contributed by atoms with Crippen LogP contribution in [0, 0.1) is 5.92 Å². The molecule has 31 heavy (non-hydrogen) atoms. The summed E-state index contributed by atoms with van der Waals surface area (Å²) in [5.74, 6) is 3.04. The lowest BCUT2D eigenvalue weighted by molar-refractivity contribution is 0.122. The average Bonchev–Trinajstić information content (AvgIpc) is 2.79. The van der Waals surface area contributed by atoms with E-state index in [-0.39, 0.29) is 0 Å². The number of aromatic nitrogens is 2. The third-order valence-electron chi connectivity index (χ3n) is 5.61. The van der Waals surface area contributed by atoms with Crippen LogP contribution in [0.2, 0.25) is 5.02 Å². The minimum absolute atomic E-state index is 0.493. The van der Waals surface area contributed by atoms with E-state index in [2.05, 4.69) is 33.4 Å². The van der Waals surface area contributed by atoms with Crippen molar-refractivity contribution in [3.8, 4) is 0 Å². The van der Waals surface area contributed by atoms with E-state index in [9.17, 15) is 0 Å². The van der Waals surface area contributed by atoms with Crippen molar-refractivity contribution in [1.29, 1.82) is 0 Å². The largest absolute Gasteiger partial charge is 0.378 e. The minimum Gasteiger partial charge on any atom is -0.378 e. The molecule has 2 saturated heterocycles. The number of piperidine rings is 1. The van der Waals surface area contributed by atoms with Gasteiger partial charge in [0.1, 0.15) is 11.6 Å². The Kier molecular flexibility index (Phi) is 7.42. The first-order chi connectivity index (χ1) is 15.1. The van der Waals surface area contributed by atoms with Crippen molar-refractivity contribution in [2.24, 2.45) is 5.92 Å². The molecule has 2 aromatic rings. The van der Waals surface area contributed by atoms with Crippen LogP contribution < -0.4 is 20.4 Å². The number of anilines is 3. The molecule has 1 atom stereocenters. The second-order valence-electron chi connectivity index (χ2n) is 8.13. The van der Waals surface area contributed by atoms with Gasteiger partial charge in [-0.15, -0.1) is 0 Å². The maximum Gasteiger partial charge on any atom is 0.232 e. The van der Waals surface area contributed by atoms with Crippen LogP contribution in [0.5, 0.6) is 0 Å². The van der Waals surface area contributed by atoms with Gasteiger partial charge < -0.3 is 25.2 Å². The van der Waals surface area contributed by atoms with Crippen molar-refractivity contribution in [3.05, 3.63) is 40.9 Å². The molecule has 2 aliphatic heterocycles. The highest BCUT2D eigenvalue weighted by Crippen LogP contribution is 2.26. The molecule has 2 fully saturated rings. The Balaban J connectivity index is 1.48. The molecule has 4 rings (SSSR count). The molecule has 2 aliphatic rings. The van der Waals surface area contributed by atoms with Gasteiger partial charge in [-0.3, -0.25) is 0 Å². The predicted molar refractivity (Wildman–Crippen MR) is 130 cm³/mol. The molecule has 0 amide bonds. The quantitative estimate of drug-likeness (QED) is 0.655. The van der Waals surface area contributed by atoms with Gasteiger partial charge in [0.2, 0.25) is 5.95 Å². The molecule has 0 saturated carbocycles. The fourth-order valence-corrected chi connectivity index (χ4v) is 4.21. The summed E-state index contributed by atoms with van der Waals surface area (Å²) in [4.78, 5) is 14.2. The fraction of sp³-hybridized carbons (Fsp3) is 0.500. The molecule has 0 bridgehead atoms. The zero-order chi connectivity index (χ0) is 21.6. The SMILES string of the molecule is CC1CCCN(c2cc(N3CCOCC3)nc(NC(=S)NCc3ccc(Cl)cc3)n2)C1. The Hall–Kier alpha value is -2.16. The van der Waals surface area contributed by atoms with Crippen molar-refractivity contribution >= 4 is 46.5 Å². The highest BCUT2D eigenvalue weighted by molar-refractivity contribution is 7.80. The van der Waals surface area contributed by atoms with Crippen molar-refractivity contribution in [2.75, 3.05) is 54.5 Å². The number of ether oxygens (including phenoxy) is 1. The summed E-state index contributed by atoms with van der Waals surface area (Å²) in [6.45, 7) is 8.00. The van der Waals surface area contributed by atoms with Crippen LogP contribution in [0.3, 0.4) is 0 Å². The van der Waals surface area contributed by atoms with Gasteiger partial charge in [0, 0.05) is 43.8 Å². The highest BCUT2D eigenvalue weighted by atomic mass is 35.5. The summed E-state index contributed by atoms with van der Waals surface area (Å²) in [5, 5.41) is 7.62. The second kappa shape index (κ2) is 10.4. The number of benzene rings is 1. The molecule has 0 aliphatic carbocycles. The normalized spacial score (nSPS) is 19.2. The lowest BCUT2D eigenvalue weighted by Gasteiger charge is -2.33. The predicted octanol–water partition coefficient (Wildman–Crippen LogP) is 3.69. The summed E-state index contributed by atoms with van der Waals surface area (Å²) in [6, 6.07) is 9.79. The molecule has 0 spiro atoms. The third-order valence-corrected chi connectivity index (χ3v) is 6.11. The molecule has 166 valence electrons. The van der Waals surface area contributed by atoms with E-state index in [0.29, 0.717) is 36.7 Å². The Morgan fingerprint density at radius 3 is 2.55 bits per heavy atom. The number of nitrogens with one attached hydrogen (secondary N) is 2. The Labute approximate surface area is 194 Å². The topological polar surface area (TPSA) is 65.6 Å². The van der Waals surface area contributed by atoms with E-state index in [4.69, 9.17) is 38.5 Å². The van der Waals surface area contributed by atoms with Gasteiger partial charge in [-0.25, -0.2) is 0 Å². The molecule has 9 heteroatoms. The van der Waals surface area contributed by atoms with Gasteiger partial charge in [-0.05, 0) is 48.7 Å². The number of hydrogen-bond donors (Lipinski definition) is 2. The van der Waals surface area contributed by atoms with Gasteiger partial charge in [0.05, 0.1) is 13.2 Å². The number of nitrogens with zero attached hydrogens (tertiary/aromatic N) is 4. The van der Waals surface area contributed by atoms with E-state index in [1.807, 2.05) is 24.3 Å². The van der Waals surface area contributed by atoms with Crippen LogP contribution in [0.25, 0.3) is 0 Å². The van der Waals surface area contributed by atoms with Crippen LogP contribution in [-0.2, 0) is 11.3 Å². The zero-order valence-corrected chi connectivity index (χ0v) is 19.4. The van der Waals surface area contributed by atoms with E-state index in [1.54, 1.807) is 0 Å². The van der Waals surface area contributed by atoms with E-state index < -0.39 is 0 Å². The number of thiocarbonyl (C=S) groups is 1. The molecular weight excluding hydrogens is 432 g/mol. The van der Waals surface area contributed by atoms with Crippen molar-refractivity contribution < 1.29 is 4.74 Å². The molecular formula is C22H29ClN6OS. The van der Waals surface area contributed by atoms with E-state index in [0.717, 1.165) is 48.4 Å². The number of morpholine rings is 1. The van der Waals surface area contributed by atoms with Gasteiger partial charge in [0.25, 0.3) is 0 Å². The molecule has 2 N–H and O–H groups in total. The highest BCUT2D eigenvalue weighted by Gasteiger charge is 2.21. The first kappa shape index (κ1) is 22.0. The standard InChI is InChI=1S/C22H29ClN6OS/c1-16-3-2-8-29(15-16)20-13-19(28-9-11-30-12-10-28)25-21(26-20)27-22(31)24-14-17-4-6-18(23)7-5-17/h4-7,13,16H,2-3,8-12,14-15H2,1H3,(H2,24,25,26,27,31). The number of halogens is 1. The maximum absolute atomic E-state index is 5.96. The summed E-state index contributed by atoms with van der Waals surface area (Å²) >= 11 is 11.5. The Morgan fingerprint density at radius 2 is 1.84 bits per heavy atom. The first-order valence-corrected chi connectivity index (χ1v) is 11.6. The Morgan fingerprint density at radius 1 is 1.13 bits per heavy atom. The molecule has 1 aromatic carbocycles.